The van der Waals surface area contributed by atoms with Gasteiger partial charge in [0, 0.05) is 13.1 Å². The summed E-state index contributed by atoms with van der Waals surface area (Å²) in [7, 11) is 0. The number of carbonyl (C=O) groups excluding carboxylic acids is 1. The molecule has 1 spiro atoms. The van der Waals surface area contributed by atoms with Crippen molar-refractivity contribution in [1.29, 1.82) is 0 Å². The molecular weight excluding hydrogens is 226 g/mol. The molecule has 6 heteroatoms. The lowest BCUT2D eigenvalue weighted by Crippen LogP contribution is -2.73. The Morgan fingerprint density at radius 1 is 1.41 bits per heavy atom. The summed E-state index contributed by atoms with van der Waals surface area (Å²) in [5.74, 6) is -0.958. The number of hydrogen-bond acceptors (Lipinski definition) is 4. The molecule has 2 aliphatic heterocycles. The van der Waals surface area contributed by atoms with Crippen molar-refractivity contribution in [2.24, 2.45) is 5.41 Å². The smallest absolute Gasteiger partial charge is 0.410 e. The third-order valence-electron chi connectivity index (χ3n) is 2.98. The molecule has 2 heterocycles. The van der Waals surface area contributed by atoms with E-state index in [4.69, 9.17) is 14.6 Å². The molecule has 2 saturated heterocycles. The minimum absolute atomic E-state index is 0.386. The Kier molecular flexibility index (Phi) is 2.57. The normalized spacial score (nSPS) is 26.1. The van der Waals surface area contributed by atoms with Crippen LogP contribution in [0.15, 0.2) is 0 Å². The lowest BCUT2D eigenvalue weighted by molar-refractivity contribution is -0.244. The van der Waals surface area contributed by atoms with Gasteiger partial charge in [-0.3, -0.25) is 0 Å². The molecule has 0 saturated carbocycles. The largest absolute Gasteiger partial charge is 0.479 e. The van der Waals surface area contributed by atoms with Gasteiger partial charge in [-0.25, -0.2) is 9.59 Å². The van der Waals surface area contributed by atoms with Gasteiger partial charge in [0.2, 0.25) is 0 Å². The van der Waals surface area contributed by atoms with Crippen molar-refractivity contribution in [3.05, 3.63) is 0 Å². The summed E-state index contributed by atoms with van der Waals surface area (Å²) < 4.78 is 10.2. The highest BCUT2D eigenvalue weighted by atomic mass is 16.6. The predicted octanol–water partition coefficient (Wildman–Crippen LogP) is 0.707. The standard InChI is InChI=1S/C11H17NO5/c1-10(2,3)17-9(15)12-4-11(5-12)6-16-7(11)8(13)14/h7H,4-6H2,1-3H3,(H,13,14)/t7-/m0/s1. The van der Waals surface area contributed by atoms with Crippen LogP contribution in [0.2, 0.25) is 0 Å². The summed E-state index contributed by atoms with van der Waals surface area (Å²) in [4.78, 5) is 24.0. The zero-order chi connectivity index (χ0) is 12.8. The van der Waals surface area contributed by atoms with E-state index >= 15 is 0 Å². The Morgan fingerprint density at radius 2 is 2.00 bits per heavy atom. The number of amides is 1. The Morgan fingerprint density at radius 3 is 2.35 bits per heavy atom. The van der Waals surface area contributed by atoms with Gasteiger partial charge < -0.3 is 19.5 Å². The van der Waals surface area contributed by atoms with Crippen LogP contribution in [-0.2, 0) is 14.3 Å². The van der Waals surface area contributed by atoms with E-state index in [9.17, 15) is 9.59 Å². The summed E-state index contributed by atoms with van der Waals surface area (Å²) in [6.07, 6.45) is -1.17. The zero-order valence-electron chi connectivity index (χ0n) is 10.2. The van der Waals surface area contributed by atoms with E-state index in [1.165, 1.54) is 4.90 Å². The molecule has 0 aromatic carbocycles. The molecule has 1 N–H and O–H groups in total. The second-order valence-electron chi connectivity index (χ2n) is 5.73. The third kappa shape index (κ3) is 2.09. The number of ether oxygens (including phenoxy) is 2. The average Bonchev–Trinajstić information content (AvgIpc) is 1.93. The van der Waals surface area contributed by atoms with Gasteiger partial charge in [-0.2, -0.15) is 0 Å². The van der Waals surface area contributed by atoms with Crippen molar-refractivity contribution in [2.75, 3.05) is 19.7 Å². The van der Waals surface area contributed by atoms with E-state index in [1.54, 1.807) is 20.8 Å². The Balaban J connectivity index is 1.87. The maximum Gasteiger partial charge on any atom is 0.410 e. The highest BCUT2D eigenvalue weighted by Gasteiger charge is 2.61. The van der Waals surface area contributed by atoms with Gasteiger partial charge in [-0.15, -0.1) is 0 Å². The fourth-order valence-corrected chi connectivity index (χ4v) is 2.16. The Hall–Kier alpha value is -1.30. The molecule has 0 aromatic heterocycles. The number of carboxylic acids is 1. The van der Waals surface area contributed by atoms with Gasteiger partial charge in [-0.05, 0) is 20.8 Å². The van der Waals surface area contributed by atoms with Crippen LogP contribution in [0.3, 0.4) is 0 Å². The molecule has 0 unspecified atom stereocenters. The van der Waals surface area contributed by atoms with Crippen LogP contribution < -0.4 is 0 Å². The van der Waals surface area contributed by atoms with E-state index in [0.717, 1.165) is 0 Å². The highest BCUT2D eigenvalue weighted by Crippen LogP contribution is 2.43. The summed E-state index contributed by atoms with van der Waals surface area (Å²) >= 11 is 0. The van der Waals surface area contributed by atoms with Gasteiger partial charge >= 0.3 is 12.1 Å². The molecule has 0 bridgehead atoms. The van der Waals surface area contributed by atoms with Gasteiger partial charge in [-0.1, -0.05) is 0 Å². The second kappa shape index (κ2) is 3.60. The first-order chi connectivity index (χ1) is 7.73. The zero-order valence-corrected chi connectivity index (χ0v) is 10.2. The molecule has 96 valence electrons. The molecular formula is C11H17NO5. The molecule has 6 nitrogen and oxygen atoms in total. The van der Waals surface area contributed by atoms with Gasteiger partial charge in [0.25, 0.3) is 0 Å². The van der Waals surface area contributed by atoms with Crippen LogP contribution >= 0.6 is 0 Å². The topological polar surface area (TPSA) is 76.1 Å². The van der Waals surface area contributed by atoms with Gasteiger partial charge in [0.05, 0.1) is 12.0 Å². The van der Waals surface area contributed by atoms with Crippen LogP contribution in [-0.4, -0.2) is 53.5 Å². The highest BCUT2D eigenvalue weighted by molar-refractivity contribution is 5.77. The third-order valence-corrected chi connectivity index (χ3v) is 2.98. The summed E-state index contributed by atoms with van der Waals surface area (Å²) in [6.45, 7) is 6.61. The number of aliphatic carboxylic acids is 1. The molecule has 2 rings (SSSR count). The molecule has 1 amide bonds. The van der Waals surface area contributed by atoms with E-state index < -0.39 is 17.7 Å². The molecule has 0 aliphatic carbocycles. The number of hydrogen-bond donors (Lipinski definition) is 1. The maximum atomic E-state index is 11.7. The van der Waals surface area contributed by atoms with Gasteiger partial charge in [0.1, 0.15) is 5.60 Å². The first-order valence-corrected chi connectivity index (χ1v) is 5.56. The van der Waals surface area contributed by atoms with Crippen molar-refractivity contribution in [2.45, 2.75) is 32.5 Å². The molecule has 2 fully saturated rings. The predicted molar refractivity (Wildman–Crippen MR) is 57.6 cm³/mol. The van der Waals surface area contributed by atoms with E-state index in [0.29, 0.717) is 19.7 Å². The van der Waals surface area contributed by atoms with Crippen molar-refractivity contribution in [3.63, 3.8) is 0 Å². The summed E-state index contributed by atoms with van der Waals surface area (Å²) in [6, 6.07) is 0. The maximum absolute atomic E-state index is 11.7. The van der Waals surface area contributed by atoms with E-state index in [1.807, 2.05) is 0 Å². The molecule has 2 aliphatic rings. The average molecular weight is 243 g/mol. The number of nitrogens with zero attached hydrogens (tertiary/aromatic N) is 1. The van der Waals surface area contributed by atoms with Crippen LogP contribution in [0.25, 0.3) is 0 Å². The molecule has 0 aromatic rings. The fraction of sp³-hybridized carbons (Fsp3) is 0.818. The number of likely N-dealkylation sites (tertiary alicyclic amines) is 1. The number of carboxylic acid groups (broad SMARTS) is 1. The quantitative estimate of drug-likeness (QED) is 0.734. The second-order valence-corrected chi connectivity index (χ2v) is 5.73. The van der Waals surface area contributed by atoms with Crippen LogP contribution in [0.5, 0.6) is 0 Å². The minimum atomic E-state index is -0.958. The summed E-state index contributed by atoms with van der Waals surface area (Å²) in [5.41, 5.74) is -0.912. The lowest BCUT2D eigenvalue weighted by Gasteiger charge is -2.57. The Bertz CT molecular complexity index is 353. The SMILES string of the molecule is CC(C)(C)OC(=O)N1CC2(CO[C@H]2C(=O)O)C1. The molecule has 17 heavy (non-hydrogen) atoms. The number of rotatable bonds is 1. The van der Waals surface area contributed by atoms with E-state index in [-0.39, 0.29) is 11.5 Å². The van der Waals surface area contributed by atoms with Crippen molar-refractivity contribution in [1.82, 2.24) is 4.90 Å². The molecule has 0 radical (unpaired) electrons. The van der Waals surface area contributed by atoms with Gasteiger partial charge in [0.15, 0.2) is 6.10 Å². The Labute approximate surface area is 99.5 Å². The van der Waals surface area contributed by atoms with E-state index in [2.05, 4.69) is 0 Å². The summed E-state index contributed by atoms with van der Waals surface area (Å²) in [5, 5.41) is 8.89. The van der Waals surface area contributed by atoms with Crippen molar-refractivity contribution in [3.8, 4) is 0 Å². The monoisotopic (exact) mass is 243 g/mol. The molecule has 1 atom stereocenters. The van der Waals surface area contributed by atoms with Crippen LogP contribution in [0.1, 0.15) is 20.8 Å². The number of carbonyl (C=O) groups is 2. The first kappa shape index (κ1) is 12.2. The van der Waals surface area contributed by atoms with Crippen LogP contribution in [0, 0.1) is 5.41 Å². The van der Waals surface area contributed by atoms with Crippen molar-refractivity contribution < 1.29 is 24.2 Å². The van der Waals surface area contributed by atoms with Crippen LogP contribution in [0.4, 0.5) is 4.79 Å². The first-order valence-electron chi connectivity index (χ1n) is 5.56. The fourth-order valence-electron chi connectivity index (χ4n) is 2.16. The minimum Gasteiger partial charge on any atom is -0.479 e. The lowest BCUT2D eigenvalue weighted by atomic mass is 9.71. The van der Waals surface area contributed by atoms with Crippen molar-refractivity contribution >= 4 is 12.1 Å².